The van der Waals surface area contributed by atoms with E-state index in [1.165, 1.54) is 0 Å². The molecule has 0 unspecified atom stereocenters. The predicted molar refractivity (Wildman–Crippen MR) is 85.9 cm³/mol. The Hall–Kier alpha value is -1.29. The van der Waals surface area contributed by atoms with Crippen LogP contribution in [0.1, 0.15) is 40.5 Å². The summed E-state index contributed by atoms with van der Waals surface area (Å²) in [6, 6.07) is 8.22. The van der Waals surface area contributed by atoms with Gasteiger partial charge in [-0.15, -0.1) is 0 Å². The fraction of sp³-hybridized carbons (Fsp3) is 0.533. The first-order valence-electron chi connectivity index (χ1n) is 6.85. The summed E-state index contributed by atoms with van der Waals surface area (Å²) in [7, 11) is 0. The first-order valence-corrected chi connectivity index (χ1v) is 7.26. The molecule has 0 saturated carbocycles. The Labute approximate surface area is 121 Å². The normalized spacial score (nSPS) is 12.1. The van der Waals surface area contributed by atoms with Gasteiger partial charge in [0.25, 0.3) is 0 Å². The number of rotatable bonds is 6. The molecular formula is C15H24N2OS. The Morgan fingerprint density at radius 2 is 1.84 bits per heavy atom. The maximum Gasteiger partial charge on any atom is 0.170 e. The second kappa shape index (κ2) is 8.00. The van der Waals surface area contributed by atoms with Gasteiger partial charge in [-0.3, -0.25) is 0 Å². The molecule has 106 valence electrons. The monoisotopic (exact) mass is 280 g/mol. The van der Waals surface area contributed by atoms with Gasteiger partial charge in [-0.05, 0) is 63.7 Å². The molecule has 0 heterocycles. The molecule has 0 aromatic heterocycles. The van der Waals surface area contributed by atoms with Crippen molar-refractivity contribution in [3.8, 4) is 5.75 Å². The lowest BCUT2D eigenvalue weighted by molar-refractivity contribution is 0.242. The average molecular weight is 280 g/mol. The van der Waals surface area contributed by atoms with E-state index in [1.807, 2.05) is 38.1 Å². The van der Waals surface area contributed by atoms with Crippen LogP contribution in [0.3, 0.4) is 0 Å². The van der Waals surface area contributed by atoms with Crippen LogP contribution in [0.15, 0.2) is 24.3 Å². The lowest BCUT2D eigenvalue weighted by Crippen LogP contribution is -2.35. The van der Waals surface area contributed by atoms with Crippen LogP contribution in [0.5, 0.6) is 5.75 Å². The predicted octanol–water partition coefficient (Wildman–Crippen LogP) is 3.95. The summed E-state index contributed by atoms with van der Waals surface area (Å²) in [6.07, 6.45) is 2.46. The topological polar surface area (TPSA) is 33.3 Å². The third kappa shape index (κ3) is 6.43. The van der Waals surface area contributed by atoms with E-state index in [0.717, 1.165) is 24.3 Å². The SMILES string of the molecule is CCC[C@@H](C)NC(=S)Nc1ccc(OC(C)C)cc1. The molecule has 0 aliphatic carbocycles. The Morgan fingerprint density at radius 3 is 2.37 bits per heavy atom. The highest BCUT2D eigenvalue weighted by atomic mass is 32.1. The van der Waals surface area contributed by atoms with Crippen LogP contribution in [0.2, 0.25) is 0 Å². The van der Waals surface area contributed by atoms with Crippen molar-refractivity contribution in [2.45, 2.75) is 52.7 Å². The smallest absolute Gasteiger partial charge is 0.170 e. The minimum absolute atomic E-state index is 0.191. The molecule has 1 atom stereocenters. The van der Waals surface area contributed by atoms with Crippen LogP contribution in [-0.4, -0.2) is 17.3 Å². The first kappa shape index (κ1) is 15.8. The van der Waals surface area contributed by atoms with E-state index >= 15 is 0 Å². The van der Waals surface area contributed by atoms with Crippen molar-refractivity contribution in [3.05, 3.63) is 24.3 Å². The van der Waals surface area contributed by atoms with Crippen LogP contribution in [0.25, 0.3) is 0 Å². The highest BCUT2D eigenvalue weighted by molar-refractivity contribution is 7.80. The molecule has 2 N–H and O–H groups in total. The van der Waals surface area contributed by atoms with Gasteiger partial charge in [0.2, 0.25) is 0 Å². The third-order valence-corrected chi connectivity index (χ3v) is 2.80. The Bertz CT molecular complexity index is 390. The zero-order chi connectivity index (χ0) is 14.3. The van der Waals surface area contributed by atoms with E-state index in [1.54, 1.807) is 0 Å². The molecule has 19 heavy (non-hydrogen) atoms. The molecule has 0 spiro atoms. The standard InChI is InChI=1S/C15H24N2OS/c1-5-6-12(4)16-15(19)17-13-7-9-14(10-8-13)18-11(2)3/h7-12H,5-6H2,1-4H3,(H2,16,17,19)/t12-/m1/s1. The van der Waals surface area contributed by atoms with E-state index in [0.29, 0.717) is 11.2 Å². The molecule has 1 rings (SSSR count). The van der Waals surface area contributed by atoms with Crippen LogP contribution < -0.4 is 15.4 Å². The zero-order valence-corrected chi connectivity index (χ0v) is 13.0. The molecule has 0 aliphatic heterocycles. The fourth-order valence-electron chi connectivity index (χ4n) is 1.79. The minimum atomic E-state index is 0.191. The number of benzene rings is 1. The number of ether oxygens (including phenoxy) is 1. The molecule has 1 aromatic carbocycles. The van der Waals surface area contributed by atoms with Gasteiger partial charge in [0, 0.05) is 11.7 Å². The molecule has 0 aliphatic rings. The van der Waals surface area contributed by atoms with Gasteiger partial charge in [-0.25, -0.2) is 0 Å². The summed E-state index contributed by atoms with van der Waals surface area (Å²) in [5, 5.41) is 7.11. The van der Waals surface area contributed by atoms with Gasteiger partial charge in [0.15, 0.2) is 5.11 Å². The molecule has 0 amide bonds. The van der Waals surface area contributed by atoms with Crippen molar-refractivity contribution in [1.82, 2.24) is 5.32 Å². The van der Waals surface area contributed by atoms with Crippen LogP contribution in [0, 0.1) is 0 Å². The van der Waals surface area contributed by atoms with Crippen molar-refractivity contribution in [3.63, 3.8) is 0 Å². The Kier molecular flexibility index (Phi) is 6.64. The van der Waals surface area contributed by atoms with Crippen LogP contribution in [0.4, 0.5) is 5.69 Å². The summed E-state index contributed by atoms with van der Waals surface area (Å²) in [5.74, 6) is 0.874. The summed E-state index contributed by atoms with van der Waals surface area (Å²) < 4.78 is 5.59. The zero-order valence-electron chi connectivity index (χ0n) is 12.2. The average Bonchev–Trinajstić information content (AvgIpc) is 2.31. The molecule has 0 bridgehead atoms. The second-order valence-corrected chi connectivity index (χ2v) is 5.39. The maximum atomic E-state index is 5.59. The number of anilines is 1. The van der Waals surface area contributed by atoms with Crippen LogP contribution in [-0.2, 0) is 0 Å². The van der Waals surface area contributed by atoms with Crippen molar-refractivity contribution in [2.24, 2.45) is 0 Å². The quantitative estimate of drug-likeness (QED) is 0.773. The second-order valence-electron chi connectivity index (χ2n) is 4.98. The van der Waals surface area contributed by atoms with Gasteiger partial charge in [-0.2, -0.15) is 0 Å². The molecule has 0 radical (unpaired) electrons. The van der Waals surface area contributed by atoms with Crippen molar-refractivity contribution in [1.29, 1.82) is 0 Å². The number of hydrogen-bond donors (Lipinski definition) is 2. The molecular weight excluding hydrogens is 256 g/mol. The molecule has 0 saturated heterocycles. The summed E-state index contributed by atoms with van der Waals surface area (Å²) >= 11 is 5.28. The van der Waals surface area contributed by atoms with Gasteiger partial charge in [0.1, 0.15) is 5.75 Å². The number of nitrogens with one attached hydrogen (secondary N) is 2. The van der Waals surface area contributed by atoms with Crippen molar-refractivity contribution < 1.29 is 4.74 Å². The van der Waals surface area contributed by atoms with Gasteiger partial charge >= 0.3 is 0 Å². The summed E-state index contributed by atoms with van der Waals surface area (Å²) in [4.78, 5) is 0. The summed E-state index contributed by atoms with van der Waals surface area (Å²) in [5.41, 5.74) is 0.970. The molecule has 3 nitrogen and oxygen atoms in total. The lowest BCUT2D eigenvalue weighted by atomic mass is 10.2. The van der Waals surface area contributed by atoms with Gasteiger partial charge in [-0.1, -0.05) is 13.3 Å². The van der Waals surface area contributed by atoms with E-state index < -0.39 is 0 Å². The highest BCUT2D eigenvalue weighted by Crippen LogP contribution is 2.16. The van der Waals surface area contributed by atoms with Gasteiger partial charge in [0.05, 0.1) is 6.10 Å². The van der Waals surface area contributed by atoms with Crippen molar-refractivity contribution >= 4 is 23.0 Å². The third-order valence-electron chi connectivity index (χ3n) is 2.58. The van der Waals surface area contributed by atoms with E-state index in [-0.39, 0.29) is 6.10 Å². The van der Waals surface area contributed by atoms with Crippen LogP contribution >= 0.6 is 12.2 Å². The fourth-order valence-corrected chi connectivity index (χ4v) is 2.10. The maximum absolute atomic E-state index is 5.59. The highest BCUT2D eigenvalue weighted by Gasteiger charge is 2.03. The lowest BCUT2D eigenvalue weighted by Gasteiger charge is -2.16. The molecule has 4 heteroatoms. The van der Waals surface area contributed by atoms with E-state index in [2.05, 4.69) is 24.5 Å². The molecule has 1 aromatic rings. The van der Waals surface area contributed by atoms with Crippen molar-refractivity contribution in [2.75, 3.05) is 5.32 Å². The molecule has 0 fully saturated rings. The van der Waals surface area contributed by atoms with E-state index in [9.17, 15) is 0 Å². The largest absolute Gasteiger partial charge is 0.491 e. The number of thiocarbonyl (C=S) groups is 1. The Morgan fingerprint density at radius 1 is 1.21 bits per heavy atom. The summed E-state index contributed by atoms with van der Waals surface area (Å²) in [6.45, 7) is 8.33. The first-order chi connectivity index (χ1) is 9.01. The number of hydrogen-bond acceptors (Lipinski definition) is 2. The Balaban J connectivity index is 2.46. The van der Waals surface area contributed by atoms with E-state index in [4.69, 9.17) is 17.0 Å². The minimum Gasteiger partial charge on any atom is -0.491 e. The van der Waals surface area contributed by atoms with Gasteiger partial charge < -0.3 is 15.4 Å².